The van der Waals surface area contributed by atoms with Crippen LogP contribution in [0.15, 0.2) is 53.2 Å². The number of carbonyl (C=O) groups is 1. The first-order valence-electron chi connectivity index (χ1n) is 7.15. The Bertz CT molecular complexity index is 882. The second kappa shape index (κ2) is 5.85. The maximum Gasteiger partial charge on any atom is 0.258 e. The van der Waals surface area contributed by atoms with Crippen molar-refractivity contribution in [1.29, 1.82) is 5.26 Å². The van der Waals surface area contributed by atoms with Gasteiger partial charge in [0.05, 0.1) is 0 Å². The molecule has 1 N–H and O–H groups in total. The topological polar surface area (TPSA) is 71.0 Å². The molecule has 0 atom stereocenters. The van der Waals surface area contributed by atoms with Crippen LogP contribution in [0.2, 0.25) is 0 Å². The highest BCUT2D eigenvalue weighted by Gasteiger charge is 2.17. The third-order valence-corrected chi connectivity index (χ3v) is 3.76. The van der Waals surface area contributed by atoms with Crippen LogP contribution in [0.25, 0.3) is 5.69 Å². The molecule has 0 radical (unpaired) electrons. The average Bonchev–Trinajstić information content (AvgIpc) is 3.17. The van der Waals surface area contributed by atoms with Crippen molar-refractivity contribution in [2.24, 2.45) is 0 Å². The molecule has 0 aliphatic heterocycles. The quantitative estimate of drug-likeness (QED) is 0.799. The molecule has 0 saturated heterocycles. The molecule has 5 nitrogen and oxygen atoms in total. The fourth-order valence-electron chi connectivity index (χ4n) is 2.32. The Morgan fingerprint density at radius 3 is 2.43 bits per heavy atom. The Hall–Kier alpha value is -3.26. The maximum atomic E-state index is 12.3. The van der Waals surface area contributed by atoms with Gasteiger partial charge in [-0.25, -0.2) is 0 Å². The maximum absolute atomic E-state index is 12.3. The molecule has 1 aromatic carbocycles. The first-order chi connectivity index (χ1) is 11.1. The van der Waals surface area contributed by atoms with E-state index in [0.717, 1.165) is 11.3 Å². The number of carbonyl (C=O) groups excluding carboxylic acids is 1. The SMILES string of the molecule is Cc1oc(NC(=O)c2ccc(-n3cccc3)cc2)c(C#N)c1C. The molecular formula is C18H15N3O2. The molecule has 3 aromatic rings. The zero-order valence-corrected chi connectivity index (χ0v) is 12.8. The summed E-state index contributed by atoms with van der Waals surface area (Å²) in [5.41, 5.74) is 2.57. The number of furan rings is 1. The van der Waals surface area contributed by atoms with Crippen LogP contribution in [0.5, 0.6) is 0 Å². The Morgan fingerprint density at radius 2 is 1.83 bits per heavy atom. The van der Waals surface area contributed by atoms with Gasteiger partial charge in [0.25, 0.3) is 5.91 Å². The number of anilines is 1. The normalized spacial score (nSPS) is 10.3. The molecule has 0 aliphatic rings. The Kier molecular flexibility index (Phi) is 3.73. The molecule has 0 saturated carbocycles. The summed E-state index contributed by atoms with van der Waals surface area (Å²) in [5, 5.41) is 11.8. The molecular weight excluding hydrogens is 290 g/mol. The number of nitrogens with zero attached hydrogens (tertiary/aromatic N) is 2. The highest BCUT2D eigenvalue weighted by molar-refractivity contribution is 6.04. The monoisotopic (exact) mass is 305 g/mol. The second-order valence-electron chi connectivity index (χ2n) is 5.19. The Morgan fingerprint density at radius 1 is 1.17 bits per heavy atom. The Balaban J connectivity index is 1.82. The van der Waals surface area contributed by atoms with E-state index in [0.29, 0.717) is 16.9 Å². The summed E-state index contributed by atoms with van der Waals surface area (Å²) in [5.74, 6) is 0.510. The van der Waals surface area contributed by atoms with Gasteiger partial charge >= 0.3 is 0 Å². The molecule has 23 heavy (non-hydrogen) atoms. The molecule has 0 fully saturated rings. The molecule has 3 rings (SSSR count). The number of benzene rings is 1. The molecule has 0 aliphatic carbocycles. The number of hydrogen-bond acceptors (Lipinski definition) is 3. The summed E-state index contributed by atoms with van der Waals surface area (Å²) in [6.45, 7) is 3.55. The first kappa shape index (κ1) is 14.7. The van der Waals surface area contributed by atoms with Gasteiger partial charge in [0.15, 0.2) is 0 Å². The third-order valence-electron chi connectivity index (χ3n) is 3.76. The van der Waals surface area contributed by atoms with Crippen molar-refractivity contribution >= 4 is 11.8 Å². The van der Waals surface area contributed by atoms with Crippen molar-refractivity contribution in [1.82, 2.24) is 4.57 Å². The summed E-state index contributed by atoms with van der Waals surface area (Å²) in [7, 11) is 0. The fourth-order valence-corrected chi connectivity index (χ4v) is 2.32. The smallest absolute Gasteiger partial charge is 0.258 e. The number of nitrogens with one attached hydrogen (secondary N) is 1. The summed E-state index contributed by atoms with van der Waals surface area (Å²) < 4.78 is 7.41. The highest BCUT2D eigenvalue weighted by atomic mass is 16.4. The number of aryl methyl sites for hydroxylation is 1. The standard InChI is InChI=1S/C18H15N3O2/c1-12-13(2)23-18(16(12)11-19)20-17(22)14-5-7-15(8-6-14)21-9-3-4-10-21/h3-10H,1-2H3,(H,20,22). The van der Waals surface area contributed by atoms with Crippen LogP contribution in [0.3, 0.4) is 0 Å². The number of amides is 1. The van der Waals surface area contributed by atoms with Crippen LogP contribution < -0.4 is 5.32 Å². The van der Waals surface area contributed by atoms with E-state index in [4.69, 9.17) is 4.42 Å². The minimum Gasteiger partial charge on any atom is -0.444 e. The van der Waals surface area contributed by atoms with Gasteiger partial charge in [-0.15, -0.1) is 0 Å². The zero-order valence-electron chi connectivity index (χ0n) is 12.8. The van der Waals surface area contributed by atoms with Crippen LogP contribution in [0, 0.1) is 25.2 Å². The van der Waals surface area contributed by atoms with Crippen LogP contribution >= 0.6 is 0 Å². The third kappa shape index (κ3) is 2.74. The molecule has 1 amide bonds. The highest BCUT2D eigenvalue weighted by Crippen LogP contribution is 2.25. The van der Waals surface area contributed by atoms with E-state index in [9.17, 15) is 10.1 Å². The van der Waals surface area contributed by atoms with Crippen LogP contribution in [-0.2, 0) is 0 Å². The van der Waals surface area contributed by atoms with Gasteiger partial charge < -0.3 is 8.98 Å². The van der Waals surface area contributed by atoms with Gasteiger partial charge in [-0.3, -0.25) is 10.1 Å². The molecule has 0 spiro atoms. The first-order valence-corrected chi connectivity index (χ1v) is 7.15. The van der Waals surface area contributed by atoms with Gasteiger partial charge in [0.2, 0.25) is 5.88 Å². The lowest BCUT2D eigenvalue weighted by Gasteiger charge is -2.05. The van der Waals surface area contributed by atoms with E-state index < -0.39 is 0 Å². The predicted octanol–water partition coefficient (Wildman–Crippen LogP) is 3.81. The van der Waals surface area contributed by atoms with Gasteiger partial charge in [0, 0.05) is 29.2 Å². The average molecular weight is 305 g/mol. The molecule has 0 bridgehead atoms. The number of hydrogen-bond donors (Lipinski definition) is 1. The van der Waals surface area contributed by atoms with Crippen molar-refractivity contribution in [3.8, 4) is 11.8 Å². The van der Waals surface area contributed by atoms with Crippen molar-refractivity contribution in [2.45, 2.75) is 13.8 Å². The van der Waals surface area contributed by atoms with E-state index in [1.165, 1.54) is 0 Å². The van der Waals surface area contributed by atoms with Gasteiger partial charge in [-0.2, -0.15) is 5.26 Å². The van der Waals surface area contributed by atoms with Gasteiger partial charge in [-0.05, 0) is 50.2 Å². The van der Waals surface area contributed by atoms with Crippen molar-refractivity contribution in [2.75, 3.05) is 5.32 Å². The molecule has 5 heteroatoms. The van der Waals surface area contributed by atoms with Crippen molar-refractivity contribution in [3.63, 3.8) is 0 Å². The Labute approximate surface area is 133 Å². The summed E-state index contributed by atoms with van der Waals surface area (Å²) in [6.07, 6.45) is 3.87. The lowest BCUT2D eigenvalue weighted by molar-refractivity contribution is 0.102. The van der Waals surface area contributed by atoms with Gasteiger partial charge in [-0.1, -0.05) is 0 Å². The van der Waals surface area contributed by atoms with E-state index in [2.05, 4.69) is 11.4 Å². The zero-order chi connectivity index (χ0) is 16.4. The van der Waals surface area contributed by atoms with Crippen LogP contribution in [-0.4, -0.2) is 10.5 Å². The predicted molar refractivity (Wildman–Crippen MR) is 86.6 cm³/mol. The van der Waals surface area contributed by atoms with E-state index in [1.807, 2.05) is 41.2 Å². The lowest BCUT2D eigenvalue weighted by Crippen LogP contribution is -2.12. The van der Waals surface area contributed by atoms with Crippen molar-refractivity contribution < 1.29 is 9.21 Å². The van der Waals surface area contributed by atoms with Crippen molar-refractivity contribution in [3.05, 3.63) is 71.2 Å². The minimum absolute atomic E-state index is 0.196. The lowest BCUT2D eigenvalue weighted by atomic mass is 10.1. The summed E-state index contributed by atoms with van der Waals surface area (Å²) >= 11 is 0. The molecule has 2 aromatic heterocycles. The van der Waals surface area contributed by atoms with E-state index in [-0.39, 0.29) is 11.8 Å². The van der Waals surface area contributed by atoms with E-state index in [1.54, 1.807) is 26.0 Å². The van der Waals surface area contributed by atoms with Gasteiger partial charge in [0.1, 0.15) is 17.4 Å². The number of rotatable bonds is 3. The largest absolute Gasteiger partial charge is 0.444 e. The molecule has 0 unspecified atom stereocenters. The molecule has 2 heterocycles. The summed E-state index contributed by atoms with van der Waals surface area (Å²) in [6, 6.07) is 13.1. The number of aromatic nitrogens is 1. The number of nitriles is 1. The second-order valence-corrected chi connectivity index (χ2v) is 5.19. The van der Waals surface area contributed by atoms with Crippen LogP contribution in [0.1, 0.15) is 27.2 Å². The van der Waals surface area contributed by atoms with E-state index >= 15 is 0 Å². The molecule has 114 valence electrons. The fraction of sp³-hybridized carbons (Fsp3) is 0.111. The minimum atomic E-state index is -0.311. The summed E-state index contributed by atoms with van der Waals surface area (Å²) in [4.78, 5) is 12.3. The van der Waals surface area contributed by atoms with Crippen LogP contribution in [0.4, 0.5) is 5.88 Å².